The van der Waals surface area contributed by atoms with Crippen LogP contribution in [-0.4, -0.2) is 48.9 Å². The van der Waals surface area contributed by atoms with Gasteiger partial charge in [0.15, 0.2) is 0 Å². The minimum atomic E-state index is 0.0563. The lowest BCUT2D eigenvalue weighted by Crippen LogP contribution is -2.31. The molecule has 0 aromatic heterocycles. The molecule has 0 aliphatic carbocycles. The van der Waals surface area contributed by atoms with Gasteiger partial charge in [0.05, 0.1) is 0 Å². The monoisotopic (exact) mass is 294 g/mol. The van der Waals surface area contributed by atoms with Crippen molar-refractivity contribution >= 4 is 17.4 Å². The molecular formula is C15H23ClN4. The first kappa shape index (κ1) is 15.3. The maximum atomic E-state index is 7.41. The first-order valence-corrected chi connectivity index (χ1v) is 7.48. The van der Waals surface area contributed by atoms with Crippen LogP contribution in [0.1, 0.15) is 24.0 Å². The molecule has 20 heavy (non-hydrogen) atoms. The van der Waals surface area contributed by atoms with Crippen molar-refractivity contribution in [3.05, 3.63) is 34.3 Å². The number of likely N-dealkylation sites (tertiary alicyclic amines) is 1. The Kier molecular flexibility index (Phi) is 5.40. The van der Waals surface area contributed by atoms with Gasteiger partial charge < -0.3 is 15.5 Å². The van der Waals surface area contributed by atoms with Crippen LogP contribution in [0.4, 0.5) is 0 Å². The van der Waals surface area contributed by atoms with E-state index >= 15 is 0 Å². The molecule has 0 radical (unpaired) electrons. The van der Waals surface area contributed by atoms with Crippen molar-refractivity contribution in [2.45, 2.75) is 19.4 Å². The van der Waals surface area contributed by atoms with Crippen LogP contribution in [0.5, 0.6) is 0 Å². The summed E-state index contributed by atoms with van der Waals surface area (Å²) >= 11 is 6.26. The fraction of sp³-hybridized carbons (Fsp3) is 0.533. The van der Waals surface area contributed by atoms with Crippen molar-refractivity contribution in [2.75, 3.05) is 33.2 Å². The summed E-state index contributed by atoms with van der Waals surface area (Å²) in [6.45, 7) is 5.47. The normalized spacial score (nSPS) is 15.9. The number of hydrogen-bond acceptors (Lipinski definition) is 3. The predicted molar refractivity (Wildman–Crippen MR) is 84.5 cm³/mol. The van der Waals surface area contributed by atoms with Crippen molar-refractivity contribution in [1.29, 1.82) is 5.41 Å². The van der Waals surface area contributed by atoms with Crippen LogP contribution in [0.25, 0.3) is 0 Å². The molecule has 1 aromatic rings. The van der Waals surface area contributed by atoms with Gasteiger partial charge in [0.2, 0.25) is 0 Å². The van der Waals surface area contributed by atoms with Gasteiger partial charge >= 0.3 is 0 Å². The largest absolute Gasteiger partial charge is 0.384 e. The van der Waals surface area contributed by atoms with Crippen molar-refractivity contribution < 1.29 is 0 Å². The summed E-state index contributed by atoms with van der Waals surface area (Å²) in [5, 5.41) is 8.09. The summed E-state index contributed by atoms with van der Waals surface area (Å²) in [5.74, 6) is 0.0563. The second-order valence-corrected chi connectivity index (χ2v) is 5.91. The van der Waals surface area contributed by atoms with Gasteiger partial charge in [-0.2, -0.15) is 0 Å². The van der Waals surface area contributed by atoms with Crippen molar-refractivity contribution in [1.82, 2.24) is 9.80 Å². The first-order chi connectivity index (χ1) is 9.56. The Morgan fingerprint density at radius 2 is 2.10 bits per heavy atom. The molecule has 1 fully saturated rings. The molecule has 1 heterocycles. The van der Waals surface area contributed by atoms with Gasteiger partial charge in [-0.25, -0.2) is 0 Å². The summed E-state index contributed by atoms with van der Waals surface area (Å²) in [4.78, 5) is 4.80. The first-order valence-electron chi connectivity index (χ1n) is 7.10. The molecular weight excluding hydrogens is 272 g/mol. The second-order valence-electron chi connectivity index (χ2n) is 5.51. The summed E-state index contributed by atoms with van der Waals surface area (Å²) in [6, 6.07) is 5.59. The van der Waals surface area contributed by atoms with Crippen LogP contribution >= 0.6 is 11.6 Å². The van der Waals surface area contributed by atoms with Gasteiger partial charge in [0, 0.05) is 30.2 Å². The lowest BCUT2D eigenvalue weighted by molar-refractivity contribution is 0.252. The van der Waals surface area contributed by atoms with E-state index in [1.54, 1.807) is 6.07 Å². The number of rotatable bonds is 6. The Bertz CT molecular complexity index is 469. The molecule has 5 heteroatoms. The molecule has 0 saturated carbocycles. The minimum absolute atomic E-state index is 0.0563. The third kappa shape index (κ3) is 4.20. The summed E-state index contributed by atoms with van der Waals surface area (Å²) in [5.41, 5.74) is 7.22. The van der Waals surface area contributed by atoms with E-state index in [1.807, 2.05) is 12.1 Å². The highest BCUT2D eigenvalue weighted by molar-refractivity contribution is 6.31. The van der Waals surface area contributed by atoms with Gasteiger partial charge in [0.1, 0.15) is 5.84 Å². The van der Waals surface area contributed by atoms with Gasteiger partial charge in [-0.1, -0.05) is 23.7 Å². The van der Waals surface area contributed by atoms with Crippen LogP contribution in [0.15, 0.2) is 18.2 Å². The molecule has 0 amide bonds. The van der Waals surface area contributed by atoms with Crippen molar-refractivity contribution in [3.8, 4) is 0 Å². The molecule has 110 valence electrons. The zero-order valence-corrected chi connectivity index (χ0v) is 12.8. The quantitative estimate of drug-likeness (QED) is 0.624. The average Bonchev–Trinajstić information content (AvgIpc) is 2.91. The number of benzene rings is 1. The molecule has 1 aromatic carbocycles. The van der Waals surface area contributed by atoms with Gasteiger partial charge in [-0.15, -0.1) is 0 Å². The van der Waals surface area contributed by atoms with E-state index in [9.17, 15) is 0 Å². The molecule has 0 unspecified atom stereocenters. The average molecular weight is 295 g/mol. The Morgan fingerprint density at radius 3 is 2.70 bits per heavy atom. The third-order valence-corrected chi connectivity index (χ3v) is 4.15. The van der Waals surface area contributed by atoms with E-state index in [2.05, 4.69) is 16.8 Å². The van der Waals surface area contributed by atoms with Crippen LogP contribution in [0.3, 0.4) is 0 Å². The number of nitrogens with one attached hydrogen (secondary N) is 1. The van der Waals surface area contributed by atoms with E-state index in [0.717, 1.165) is 25.2 Å². The molecule has 0 spiro atoms. The van der Waals surface area contributed by atoms with E-state index in [1.165, 1.54) is 25.9 Å². The fourth-order valence-electron chi connectivity index (χ4n) is 2.53. The fourth-order valence-corrected chi connectivity index (χ4v) is 2.77. The number of amidine groups is 1. The molecule has 1 aliphatic heterocycles. The van der Waals surface area contributed by atoms with Crippen LogP contribution in [-0.2, 0) is 6.54 Å². The van der Waals surface area contributed by atoms with Gasteiger partial charge in [0.25, 0.3) is 0 Å². The molecule has 0 bridgehead atoms. The van der Waals surface area contributed by atoms with Crippen LogP contribution < -0.4 is 5.73 Å². The molecule has 3 N–H and O–H groups in total. The molecule has 4 nitrogen and oxygen atoms in total. The topological polar surface area (TPSA) is 56.4 Å². The molecule has 1 aliphatic rings. The molecule has 1 saturated heterocycles. The molecule has 0 atom stereocenters. The van der Waals surface area contributed by atoms with E-state index < -0.39 is 0 Å². The van der Waals surface area contributed by atoms with Crippen molar-refractivity contribution in [3.63, 3.8) is 0 Å². The highest BCUT2D eigenvalue weighted by atomic mass is 35.5. The van der Waals surface area contributed by atoms with E-state index in [-0.39, 0.29) is 5.84 Å². The Morgan fingerprint density at radius 1 is 1.40 bits per heavy atom. The number of hydrogen-bond donors (Lipinski definition) is 2. The number of nitrogen functional groups attached to an aromatic ring is 1. The SMILES string of the molecule is CN(CCN1CCCC1)Cc1ccc(C(=N)N)cc1Cl. The Balaban J connectivity index is 1.86. The maximum absolute atomic E-state index is 7.41. The number of halogens is 1. The van der Waals surface area contributed by atoms with E-state index in [4.69, 9.17) is 22.7 Å². The van der Waals surface area contributed by atoms with Gasteiger partial charge in [-0.05, 0) is 44.6 Å². The Labute approximate surface area is 126 Å². The maximum Gasteiger partial charge on any atom is 0.122 e. The highest BCUT2D eigenvalue weighted by Crippen LogP contribution is 2.19. The molecule has 2 rings (SSSR count). The van der Waals surface area contributed by atoms with Gasteiger partial charge in [-0.3, -0.25) is 5.41 Å². The third-order valence-electron chi connectivity index (χ3n) is 3.80. The van der Waals surface area contributed by atoms with Crippen molar-refractivity contribution in [2.24, 2.45) is 5.73 Å². The Hall–Kier alpha value is -1.10. The standard InChI is InChI=1S/C15H23ClN4/c1-19(8-9-20-6-2-3-7-20)11-13-5-4-12(15(17)18)10-14(13)16/h4-5,10H,2-3,6-9,11H2,1H3,(H3,17,18). The second kappa shape index (κ2) is 7.07. The number of nitrogens with two attached hydrogens (primary N) is 1. The number of nitrogens with zero attached hydrogens (tertiary/aromatic N) is 2. The predicted octanol–water partition coefficient (Wildman–Crippen LogP) is 2.15. The highest BCUT2D eigenvalue weighted by Gasteiger charge is 2.12. The van der Waals surface area contributed by atoms with E-state index in [0.29, 0.717) is 10.6 Å². The zero-order valence-electron chi connectivity index (χ0n) is 12.0. The van der Waals surface area contributed by atoms with Crippen LogP contribution in [0.2, 0.25) is 5.02 Å². The van der Waals surface area contributed by atoms with Crippen LogP contribution in [0, 0.1) is 5.41 Å². The smallest absolute Gasteiger partial charge is 0.122 e. The summed E-state index contributed by atoms with van der Waals surface area (Å²) in [6.07, 6.45) is 2.67. The lowest BCUT2D eigenvalue weighted by Gasteiger charge is -2.21. The summed E-state index contributed by atoms with van der Waals surface area (Å²) in [7, 11) is 2.12. The summed E-state index contributed by atoms with van der Waals surface area (Å²) < 4.78 is 0. The lowest BCUT2D eigenvalue weighted by atomic mass is 10.1. The zero-order chi connectivity index (χ0) is 14.5. The minimum Gasteiger partial charge on any atom is -0.384 e. The number of likely N-dealkylation sites (N-methyl/N-ethyl adjacent to an activating group) is 1.